The van der Waals surface area contributed by atoms with Crippen LogP contribution in [-0.4, -0.2) is 59.7 Å². The molecule has 1 fully saturated rings. The van der Waals surface area contributed by atoms with Crippen LogP contribution < -0.4 is 0 Å². The van der Waals surface area contributed by atoms with E-state index in [9.17, 15) is 9.59 Å². The van der Waals surface area contributed by atoms with Crippen molar-refractivity contribution in [2.24, 2.45) is 0 Å². The van der Waals surface area contributed by atoms with Gasteiger partial charge in [0.15, 0.2) is 0 Å². The van der Waals surface area contributed by atoms with Gasteiger partial charge in [-0.2, -0.15) is 0 Å². The minimum Gasteiger partial charge on any atom is -0.462 e. The Morgan fingerprint density at radius 3 is 2.56 bits per heavy atom. The SMILES string of the molecule is CCOC(=O)c1cccc(CN2CCN(C(=O)OC(C)(C)C)CC2C)c1I. The first-order chi connectivity index (χ1) is 12.6. The van der Waals surface area contributed by atoms with Crippen LogP contribution in [0.3, 0.4) is 0 Å². The lowest BCUT2D eigenvalue weighted by Gasteiger charge is -2.40. The molecule has 1 aliphatic rings. The van der Waals surface area contributed by atoms with Crippen LogP contribution in [0, 0.1) is 3.57 Å². The molecule has 0 aromatic heterocycles. The van der Waals surface area contributed by atoms with Gasteiger partial charge in [0.05, 0.1) is 12.2 Å². The first-order valence-corrected chi connectivity index (χ1v) is 10.4. The second-order valence-corrected chi connectivity index (χ2v) is 8.82. The number of halogens is 1. The molecule has 1 heterocycles. The molecule has 1 unspecified atom stereocenters. The van der Waals surface area contributed by atoms with Crippen molar-refractivity contribution in [3.63, 3.8) is 0 Å². The Morgan fingerprint density at radius 1 is 1.26 bits per heavy atom. The van der Waals surface area contributed by atoms with E-state index in [0.717, 1.165) is 22.2 Å². The molecule has 0 N–H and O–H groups in total. The zero-order valence-electron chi connectivity index (χ0n) is 16.8. The lowest BCUT2D eigenvalue weighted by Crippen LogP contribution is -2.54. The number of carbonyl (C=O) groups is 2. The van der Waals surface area contributed by atoms with Gasteiger partial charge in [0.1, 0.15) is 5.60 Å². The van der Waals surface area contributed by atoms with E-state index in [1.807, 2.05) is 32.9 Å². The van der Waals surface area contributed by atoms with Gasteiger partial charge >= 0.3 is 12.1 Å². The second-order valence-electron chi connectivity index (χ2n) is 7.75. The van der Waals surface area contributed by atoms with Crippen LogP contribution in [0.5, 0.6) is 0 Å². The van der Waals surface area contributed by atoms with E-state index in [0.29, 0.717) is 25.3 Å². The van der Waals surface area contributed by atoms with Crippen LogP contribution in [0.25, 0.3) is 0 Å². The predicted octanol–water partition coefficient (Wildman–Crippen LogP) is 3.91. The summed E-state index contributed by atoms with van der Waals surface area (Å²) in [5.41, 5.74) is 1.22. The fourth-order valence-electron chi connectivity index (χ4n) is 3.01. The van der Waals surface area contributed by atoms with Crippen molar-refractivity contribution in [3.05, 3.63) is 32.9 Å². The fourth-order valence-corrected chi connectivity index (χ4v) is 3.76. The molecule has 1 saturated heterocycles. The normalized spacial score (nSPS) is 18.3. The lowest BCUT2D eigenvalue weighted by atomic mass is 10.1. The van der Waals surface area contributed by atoms with E-state index in [2.05, 4.69) is 34.4 Å². The van der Waals surface area contributed by atoms with E-state index in [1.165, 1.54) is 0 Å². The number of hydrogen-bond acceptors (Lipinski definition) is 5. The van der Waals surface area contributed by atoms with Crippen molar-refractivity contribution in [1.82, 2.24) is 9.80 Å². The monoisotopic (exact) mass is 488 g/mol. The Labute approximate surface area is 175 Å². The van der Waals surface area contributed by atoms with Gasteiger partial charge in [-0.05, 0) is 68.8 Å². The molecule has 1 aromatic rings. The van der Waals surface area contributed by atoms with Crippen molar-refractivity contribution < 1.29 is 19.1 Å². The third kappa shape index (κ3) is 6.07. The standard InChI is InChI=1S/C20H29IN2O4/c1-6-26-18(24)16-9-7-8-15(17(16)21)13-22-10-11-23(12-14(22)2)19(25)27-20(3,4)5/h7-9,14H,6,10-13H2,1-5H3. The summed E-state index contributed by atoms with van der Waals surface area (Å²) >= 11 is 2.22. The molecule has 7 heteroatoms. The number of benzene rings is 1. The van der Waals surface area contributed by atoms with Crippen molar-refractivity contribution in [2.75, 3.05) is 26.2 Å². The van der Waals surface area contributed by atoms with E-state index in [4.69, 9.17) is 9.47 Å². The van der Waals surface area contributed by atoms with Gasteiger partial charge in [-0.25, -0.2) is 9.59 Å². The maximum absolute atomic E-state index is 12.3. The molecule has 6 nitrogen and oxygen atoms in total. The molecule has 1 aliphatic heterocycles. The first kappa shape index (κ1) is 21.9. The van der Waals surface area contributed by atoms with Gasteiger partial charge in [-0.15, -0.1) is 0 Å². The molecule has 2 rings (SSSR count). The van der Waals surface area contributed by atoms with Crippen LogP contribution >= 0.6 is 22.6 Å². The Kier molecular flexibility index (Phi) is 7.50. The second kappa shape index (κ2) is 9.23. The predicted molar refractivity (Wildman–Crippen MR) is 113 cm³/mol. The van der Waals surface area contributed by atoms with E-state index in [1.54, 1.807) is 17.9 Å². The number of amides is 1. The number of carbonyl (C=O) groups excluding carboxylic acids is 2. The summed E-state index contributed by atoms with van der Waals surface area (Å²) in [7, 11) is 0. The molecular formula is C20H29IN2O4. The number of ether oxygens (including phenoxy) is 2. The number of piperazine rings is 1. The van der Waals surface area contributed by atoms with Crippen LogP contribution in [-0.2, 0) is 16.0 Å². The molecule has 1 amide bonds. The summed E-state index contributed by atoms with van der Waals surface area (Å²) in [6.07, 6.45) is -0.257. The maximum Gasteiger partial charge on any atom is 0.410 e. The topological polar surface area (TPSA) is 59.1 Å². The number of nitrogens with zero attached hydrogens (tertiary/aromatic N) is 2. The zero-order valence-corrected chi connectivity index (χ0v) is 18.9. The molecular weight excluding hydrogens is 459 g/mol. The Morgan fingerprint density at radius 2 is 1.96 bits per heavy atom. The quantitative estimate of drug-likeness (QED) is 0.475. The fraction of sp³-hybridized carbons (Fsp3) is 0.600. The highest BCUT2D eigenvalue weighted by Crippen LogP contribution is 2.23. The van der Waals surface area contributed by atoms with Crippen LogP contribution in [0.2, 0.25) is 0 Å². The van der Waals surface area contributed by atoms with E-state index < -0.39 is 5.60 Å². The largest absolute Gasteiger partial charge is 0.462 e. The molecule has 1 atom stereocenters. The molecule has 150 valence electrons. The Hall–Kier alpha value is -1.35. The van der Waals surface area contributed by atoms with Gasteiger partial charge in [0, 0.05) is 35.8 Å². The summed E-state index contributed by atoms with van der Waals surface area (Å²) in [4.78, 5) is 28.5. The van der Waals surface area contributed by atoms with Gasteiger partial charge < -0.3 is 14.4 Å². The highest BCUT2D eigenvalue weighted by molar-refractivity contribution is 14.1. The molecule has 27 heavy (non-hydrogen) atoms. The number of rotatable bonds is 4. The van der Waals surface area contributed by atoms with Gasteiger partial charge in [0.25, 0.3) is 0 Å². The molecule has 0 radical (unpaired) electrons. The van der Waals surface area contributed by atoms with Crippen LogP contribution in [0.1, 0.15) is 50.5 Å². The lowest BCUT2D eigenvalue weighted by molar-refractivity contribution is 0.00454. The van der Waals surface area contributed by atoms with E-state index in [-0.39, 0.29) is 18.1 Å². The maximum atomic E-state index is 12.3. The van der Waals surface area contributed by atoms with Crippen LogP contribution in [0.15, 0.2) is 18.2 Å². The van der Waals surface area contributed by atoms with Crippen molar-refractivity contribution in [3.8, 4) is 0 Å². The smallest absolute Gasteiger partial charge is 0.410 e. The van der Waals surface area contributed by atoms with Gasteiger partial charge in [-0.1, -0.05) is 12.1 Å². The minimum atomic E-state index is -0.485. The number of esters is 1. The molecule has 0 bridgehead atoms. The zero-order chi connectivity index (χ0) is 20.2. The third-order valence-electron chi connectivity index (χ3n) is 4.36. The van der Waals surface area contributed by atoms with Crippen LogP contribution in [0.4, 0.5) is 4.79 Å². The molecule has 0 spiro atoms. The summed E-state index contributed by atoms with van der Waals surface area (Å²) < 4.78 is 11.5. The van der Waals surface area contributed by atoms with Gasteiger partial charge in [0.2, 0.25) is 0 Å². The van der Waals surface area contributed by atoms with Crippen molar-refractivity contribution in [1.29, 1.82) is 0 Å². The van der Waals surface area contributed by atoms with Crippen molar-refractivity contribution in [2.45, 2.75) is 52.8 Å². The Bertz CT molecular complexity index is 687. The highest BCUT2D eigenvalue weighted by atomic mass is 127. The summed E-state index contributed by atoms with van der Waals surface area (Å²) in [5.74, 6) is -0.286. The summed E-state index contributed by atoms with van der Waals surface area (Å²) in [6.45, 7) is 12.7. The molecule has 0 saturated carbocycles. The first-order valence-electron chi connectivity index (χ1n) is 9.29. The highest BCUT2D eigenvalue weighted by Gasteiger charge is 2.30. The summed E-state index contributed by atoms with van der Waals surface area (Å²) in [5, 5.41) is 0. The van der Waals surface area contributed by atoms with E-state index >= 15 is 0 Å². The Balaban J connectivity index is 2.03. The van der Waals surface area contributed by atoms with Crippen molar-refractivity contribution >= 4 is 34.7 Å². The number of hydrogen-bond donors (Lipinski definition) is 0. The third-order valence-corrected chi connectivity index (χ3v) is 5.64. The molecule has 1 aromatic carbocycles. The van der Waals surface area contributed by atoms with Gasteiger partial charge in [-0.3, -0.25) is 4.90 Å². The minimum absolute atomic E-state index is 0.202. The average Bonchev–Trinajstić information content (AvgIpc) is 2.57. The molecule has 0 aliphatic carbocycles. The summed E-state index contributed by atoms with van der Waals surface area (Å²) in [6, 6.07) is 5.93. The average molecular weight is 488 g/mol.